The highest BCUT2D eigenvalue weighted by atomic mass is 35.5. The Morgan fingerprint density at radius 2 is 1.92 bits per heavy atom. The molecule has 136 valence electrons. The Hall–Kier alpha value is -2.22. The van der Waals surface area contributed by atoms with Crippen molar-refractivity contribution in [2.45, 2.75) is 25.2 Å². The van der Waals surface area contributed by atoms with Gasteiger partial charge in [0.2, 0.25) is 21.8 Å². The van der Waals surface area contributed by atoms with Crippen LogP contribution in [0.2, 0.25) is 5.02 Å². The molecule has 1 heterocycles. The summed E-state index contributed by atoms with van der Waals surface area (Å²) in [4.78, 5) is 0.124. The first-order valence-corrected chi connectivity index (χ1v) is 9.86. The van der Waals surface area contributed by atoms with Gasteiger partial charge in [-0.25, -0.2) is 13.1 Å². The third-order valence-corrected chi connectivity index (χ3v) is 5.68. The van der Waals surface area contributed by atoms with E-state index in [-0.39, 0.29) is 17.9 Å². The normalized spacial score (nSPS) is 11.7. The average Bonchev–Trinajstić information content (AvgIpc) is 3.06. The summed E-state index contributed by atoms with van der Waals surface area (Å²) in [6, 6.07) is 12.3. The fourth-order valence-corrected chi connectivity index (χ4v) is 3.67. The molecule has 0 bridgehead atoms. The predicted octanol–water partition coefficient (Wildman–Crippen LogP) is 3.53. The van der Waals surface area contributed by atoms with Crippen molar-refractivity contribution in [3.8, 4) is 11.5 Å². The minimum absolute atomic E-state index is 0.124. The molecular weight excluding hydrogens is 374 g/mol. The Morgan fingerprint density at radius 1 is 1.12 bits per heavy atom. The molecule has 0 saturated heterocycles. The van der Waals surface area contributed by atoms with Gasteiger partial charge in [0.1, 0.15) is 0 Å². The zero-order valence-corrected chi connectivity index (χ0v) is 15.9. The van der Waals surface area contributed by atoms with E-state index in [0.717, 1.165) is 16.7 Å². The second-order valence-corrected chi connectivity index (χ2v) is 8.10. The van der Waals surface area contributed by atoms with Gasteiger partial charge in [-0.15, -0.1) is 10.2 Å². The molecule has 0 aliphatic carbocycles. The molecule has 0 amide bonds. The van der Waals surface area contributed by atoms with Gasteiger partial charge in [-0.2, -0.15) is 0 Å². The number of halogens is 1. The van der Waals surface area contributed by atoms with E-state index >= 15 is 0 Å². The Balaban J connectivity index is 1.64. The van der Waals surface area contributed by atoms with E-state index in [1.807, 2.05) is 38.1 Å². The smallest absolute Gasteiger partial charge is 0.247 e. The first-order chi connectivity index (χ1) is 12.3. The van der Waals surface area contributed by atoms with Crippen molar-refractivity contribution in [1.29, 1.82) is 0 Å². The molecule has 0 spiro atoms. The molecule has 0 saturated carbocycles. The third-order valence-electron chi connectivity index (χ3n) is 3.82. The number of hydrogen-bond donors (Lipinski definition) is 1. The summed E-state index contributed by atoms with van der Waals surface area (Å²) in [6.45, 7) is 3.93. The van der Waals surface area contributed by atoms with Gasteiger partial charge in [-0.3, -0.25) is 0 Å². The summed E-state index contributed by atoms with van der Waals surface area (Å²) in [5, 5.41) is 8.39. The number of rotatable bonds is 6. The van der Waals surface area contributed by atoms with Crippen LogP contribution in [0.3, 0.4) is 0 Å². The van der Waals surface area contributed by atoms with Gasteiger partial charge >= 0.3 is 0 Å². The highest BCUT2D eigenvalue weighted by Gasteiger charge is 2.16. The SMILES string of the molecule is Cc1cccc(-c2nnc(CCNS(=O)(=O)c3ccc(C)c(Cl)c3)o2)c1. The van der Waals surface area contributed by atoms with Crippen LogP contribution < -0.4 is 4.72 Å². The molecule has 3 rings (SSSR count). The van der Waals surface area contributed by atoms with E-state index in [0.29, 0.717) is 16.8 Å². The lowest BCUT2D eigenvalue weighted by atomic mass is 10.1. The predicted molar refractivity (Wildman–Crippen MR) is 99.6 cm³/mol. The van der Waals surface area contributed by atoms with E-state index in [1.54, 1.807) is 6.07 Å². The number of sulfonamides is 1. The molecule has 0 aliphatic heterocycles. The fourth-order valence-electron chi connectivity index (χ4n) is 2.37. The standard InChI is InChI=1S/C18H18ClN3O3S/c1-12-4-3-5-14(10-12)18-22-21-17(25-18)8-9-20-26(23,24)15-7-6-13(2)16(19)11-15/h3-7,10-11,20H,8-9H2,1-2H3. The fraction of sp³-hybridized carbons (Fsp3) is 0.222. The minimum Gasteiger partial charge on any atom is -0.421 e. The van der Waals surface area contributed by atoms with Crippen LogP contribution in [-0.2, 0) is 16.4 Å². The molecule has 0 aliphatic rings. The first-order valence-electron chi connectivity index (χ1n) is 8.00. The number of hydrogen-bond acceptors (Lipinski definition) is 5. The maximum Gasteiger partial charge on any atom is 0.247 e. The minimum atomic E-state index is -3.64. The van der Waals surface area contributed by atoms with E-state index < -0.39 is 10.0 Å². The van der Waals surface area contributed by atoms with Crippen LogP contribution in [0.25, 0.3) is 11.5 Å². The lowest BCUT2D eigenvalue weighted by molar-refractivity contribution is 0.502. The quantitative estimate of drug-likeness (QED) is 0.694. The van der Waals surface area contributed by atoms with Gasteiger partial charge < -0.3 is 4.42 Å². The lowest BCUT2D eigenvalue weighted by Gasteiger charge is -2.07. The van der Waals surface area contributed by atoms with Gasteiger partial charge in [-0.05, 0) is 43.7 Å². The zero-order valence-electron chi connectivity index (χ0n) is 14.4. The summed E-state index contributed by atoms with van der Waals surface area (Å²) in [7, 11) is -3.64. The van der Waals surface area contributed by atoms with Crippen molar-refractivity contribution in [1.82, 2.24) is 14.9 Å². The molecule has 0 atom stereocenters. The van der Waals surface area contributed by atoms with E-state index in [9.17, 15) is 8.42 Å². The summed E-state index contributed by atoms with van der Waals surface area (Å²) >= 11 is 6.00. The molecule has 0 fully saturated rings. The Kier molecular flexibility index (Phi) is 5.41. The van der Waals surface area contributed by atoms with Crippen LogP contribution in [0.4, 0.5) is 0 Å². The molecule has 1 aromatic heterocycles. The maximum absolute atomic E-state index is 12.3. The highest BCUT2D eigenvalue weighted by molar-refractivity contribution is 7.89. The second-order valence-electron chi connectivity index (χ2n) is 5.93. The van der Waals surface area contributed by atoms with Crippen molar-refractivity contribution in [3.63, 3.8) is 0 Å². The van der Waals surface area contributed by atoms with Crippen molar-refractivity contribution in [2.24, 2.45) is 0 Å². The van der Waals surface area contributed by atoms with Crippen LogP contribution in [0.1, 0.15) is 17.0 Å². The Morgan fingerprint density at radius 3 is 2.65 bits per heavy atom. The van der Waals surface area contributed by atoms with Crippen LogP contribution in [-0.4, -0.2) is 25.2 Å². The maximum atomic E-state index is 12.3. The average molecular weight is 392 g/mol. The second kappa shape index (κ2) is 7.57. The molecule has 3 aromatic rings. The monoisotopic (exact) mass is 391 g/mol. The molecule has 0 unspecified atom stereocenters. The van der Waals surface area contributed by atoms with Crippen molar-refractivity contribution < 1.29 is 12.8 Å². The van der Waals surface area contributed by atoms with Crippen molar-refractivity contribution in [3.05, 3.63) is 64.5 Å². The Bertz CT molecular complexity index is 1030. The summed E-state index contributed by atoms with van der Waals surface area (Å²) in [5.74, 6) is 0.781. The summed E-state index contributed by atoms with van der Waals surface area (Å²) < 4.78 is 32.7. The number of aromatic nitrogens is 2. The molecule has 6 nitrogen and oxygen atoms in total. The Labute approximate surface area is 157 Å². The number of nitrogens with zero attached hydrogens (tertiary/aromatic N) is 2. The summed E-state index contributed by atoms with van der Waals surface area (Å²) in [5.41, 5.74) is 2.74. The lowest BCUT2D eigenvalue weighted by Crippen LogP contribution is -2.26. The van der Waals surface area contributed by atoms with Crippen molar-refractivity contribution >= 4 is 21.6 Å². The molecular formula is C18H18ClN3O3S. The van der Waals surface area contributed by atoms with Gasteiger partial charge in [0.25, 0.3) is 0 Å². The molecule has 2 aromatic carbocycles. The molecule has 0 radical (unpaired) electrons. The largest absolute Gasteiger partial charge is 0.421 e. The van der Waals surface area contributed by atoms with Crippen LogP contribution in [0, 0.1) is 13.8 Å². The molecule has 26 heavy (non-hydrogen) atoms. The van der Waals surface area contributed by atoms with Gasteiger partial charge in [0.05, 0.1) is 4.90 Å². The number of nitrogens with one attached hydrogen (secondary N) is 1. The topological polar surface area (TPSA) is 85.1 Å². The number of aryl methyl sites for hydroxylation is 2. The van der Waals surface area contributed by atoms with Gasteiger partial charge in [-0.1, -0.05) is 35.4 Å². The van der Waals surface area contributed by atoms with E-state index in [1.165, 1.54) is 12.1 Å². The van der Waals surface area contributed by atoms with Gasteiger partial charge in [0.15, 0.2) is 0 Å². The van der Waals surface area contributed by atoms with Crippen LogP contribution in [0.15, 0.2) is 51.8 Å². The first kappa shape index (κ1) is 18.6. The summed E-state index contributed by atoms with van der Waals surface area (Å²) in [6.07, 6.45) is 0.289. The molecule has 1 N–H and O–H groups in total. The zero-order chi connectivity index (χ0) is 18.7. The van der Waals surface area contributed by atoms with E-state index in [4.69, 9.17) is 16.0 Å². The van der Waals surface area contributed by atoms with Gasteiger partial charge in [0, 0.05) is 23.6 Å². The van der Waals surface area contributed by atoms with Crippen molar-refractivity contribution in [2.75, 3.05) is 6.54 Å². The number of benzene rings is 2. The van der Waals surface area contributed by atoms with Crippen LogP contribution >= 0.6 is 11.6 Å². The third kappa shape index (κ3) is 4.30. The highest BCUT2D eigenvalue weighted by Crippen LogP contribution is 2.20. The van der Waals surface area contributed by atoms with E-state index in [2.05, 4.69) is 14.9 Å². The molecule has 8 heteroatoms. The van der Waals surface area contributed by atoms with Crippen LogP contribution in [0.5, 0.6) is 0 Å².